The largest absolute Gasteiger partial charge is 0.492 e. The van der Waals surface area contributed by atoms with E-state index in [1.807, 2.05) is 50.2 Å². The standard InChI is InChI=1S/C26H29N5O5S/c1-3-34-22-14-20(31-9-11-33-12-10-31)23(35-4-2)13-19(22)29-25(32)24-18(15-37-26-27-16-28-30-26)17-7-5-6-8-21(17)36-24/h5-8,13-14,16H,3-4,9-12,15H2,1-2H3,(H,29,32)(H,27,28,30). The Morgan fingerprint density at radius 3 is 2.68 bits per heavy atom. The molecule has 1 saturated heterocycles. The van der Waals surface area contributed by atoms with E-state index in [0.29, 0.717) is 60.1 Å². The number of hydrogen-bond acceptors (Lipinski definition) is 9. The van der Waals surface area contributed by atoms with Gasteiger partial charge in [0, 0.05) is 41.9 Å². The van der Waals surface area contributed by atoms with Crippen LogP contribution in [0.2, 0.25) is 0 Å². The van der Waals surface area contributed by atoms with Crippen molar-refractivity contribution in [3.05, 3.63) is 54.0 Å². The Labute approximate surface area is 218 Å². The maximum atomic E-state index is 13.6. The van der Waals surface area contributed by atoms with Crippen molar-refractivity contribution in [2.24, 2.45) is 0 Å². The lowest BCUT2D eigenvalue weighted by Crippen LogP contribution is -2.36. The van der Waals surface area contributed by atoms with Crippen molar-refractivity contribution in [3.8, 4) is 11.5 Å². The number of thioether (sulfide) groups is 1. The third kappa shape index (κ3) is 5.52. The Kier molecular flexibility index (Phi) is 7.81. The van der Waals surface area contributed by atoms with Gasteiger partial charge in [-0.1, -0.05) is 30.0 Å². The summed E-state index contributed by atoms with van der Waals surface area (Å²) < 4.78 is 23.5. The third-order valence-corrected chi connectivity index (χ3v) is 6.81. The van der Waals surface area contributed by atoms with Crippen LogP contribution in [-0.4, -0.2) is 60.6 Å². The van der Waals surface area contributed by atoms with Gasteiger partial charge in [-0.2, -0.15) is 5.10 Å². The van der Waals surface area contributed by atoms with Crippen LogP contribution in [0.1, 0.15) is 30.0 Å². The van der Waals surface area contributed by atoms with Crippen molar-refractivity contribution in [2.45, 2.75) is 24.8 Å². The average molecular weight is 524 g/mol. The molecule has 0 aliphatic carbocycles. The Hall–Kier alpha value is -3.70. The van der Waals surface area contributed by atoms with E-state index in [9.17, 15) is 4.79 Å². The first-order valence-electron chi connectivity index (χ1n) is 12.2. The van der Waals surface area contributed by atoms with E-state index in [4.69, 9.17) is 18.6 Å². The van der Waals surface area contributed by atoms with Gasteiger partial charge in [-0.25, -0.2) is 4.98 Å². The number of aromatic nitrogens is 3. The molecular formula is C26H29N5O5S. The molecular weight excluding hydrogens is 494 g/mol. The number of carbonyl (C=O) groups is 1. The van der Waals surface area contributed by atoms with Crippen LogP contribution in [0.15, 0.2) is 52.3 Å². The Morgan fingerprint density at radius 1 is 1.14 bits per heavy atom. The van der Waals surface area contributed by atoms with E-state index >= 15 is 0 Å². The molecule has 11 heteroatoms. The van der Waals surface area contributed by atoms with Gasteiger partial charge >= 0.3 is 0 Å². The molecule has 0 saturated carbocycles. The minimum Gasteiger partial charge on any atom is -0.492 e. The van der Waals surface area contributed by atoms with E-state index < -0.39 is 0 Å². The number of hydrogen-bond donors (Lipinski definition) is 2. The average Bonchev–Trinajstić information content (AvgIpc) is 3.57. The zero-order valence-electron chi connectivity index (χ0n) is 20.8. The van der Waals surface area contributed by atoms with Crippen LogP contribution in [0, 0.1) is 0 Å². The molecule has 10 nitrogen and oxygen atoms in total. The molecule has 0 radical (unpaired) electrons. The number of furan rings is 1. The minimum atomic E-state index is -0.369. The van der Waals surface area contributed by atoms with Crippen LogP contribution < -0.4 is 19.7 Å². The first-order chi connectivity index (χ1) is 18.2. The smallest absolute Gasteiger partial charge is 0.291 e. The van der Waals surface area contributed by atoms with Gasteiger partial charge in [-0.15, -0.1) is 0 Å². The summed E-state index contributed by atoms with van der Waals surface area (Å²) in [5, 5.41) is 11.3. The van der Waals surface area contributed by atoms with E-state index in [-0.39, 0.29) is 11.7 Å². The summed E-state index contributed by atoms with van der Waals surface area (Å²) in [5.41, 5.74) is 2.85. The summed E-state index contributed by atoms with van der Waals surface area (Å²) in [5.74, 6) is 1.59. The first kappa shape index (κ1) is 25.0. The molecule has 1 fully saturated rings. The van der Waals surface area contributed by atoms with Crippen LogP contribution >= 0.6 is 11.8 Å². The number of carbonyl (C=O) groups excluding carboxylic acids is 1. The predicted octanol–water partition coefficient (Wildman–Crippen LogP) is 4.73. The van der Waals surface area contributed by atoms with Gasteiger partial charge in [0.15, 0.2) is 10.9 Å². The van der Waals surface area contributed by atoms with Crippen molar-refractivity contribution in [3.63, 3.8) is 0 Å². The fourth-order valence-corrected chi connectivity index (χ4v) is 5.06. The van der Waals surface area contributed by atoms with Crippen LogP contribution in [0.3, 0.4) is 0 Å². The van der Waals surface area contributed by atoms with Crippen LogP contribution in [-0.2, 0) is 10.5 Å². The fourth-order valence-electron chi connectivity index (χ4n) is 4.25. The van der Waals surface area contributed by atoms with Crippen molar-refractivity contribution >= 4 is 40.0 Å². The van der Waals surface area contributed by atoms with Gasteiger partial charge < -0.3 is 28.8 Å². The molecule has 0 atom stereocenters. The number of para-hydroxylation sites is 1. The molecule has 0 bridgehead atoms. The van der Waals surface area contributed by atoms with Crippen molar-refractivity contribution < 1.29 is 23.4 Å². The lowest BCUT2D eigenvalue weighted by atomic mass is 10.1. The number of nitrogens with one attached hydrogen (secondary N) is 2. The number of benzene rings is 2. The number of aromatic amines is 1. The van der Waals surface area contributed by atoms with E-state index in [0.717, 1.165) is 29.7 Å². The highest BCUT2D eigenvalue weighted by Crippen LogP contribution is 2.40. The highest BCUT2D eigenvalue weighted by atomic mass is 32.2. The molecule has 0 unspecified atom stereocenters. The number of anilines is 2. The molecule has 1 aliphatic rings. The van der Waals surface area contributed by atoms with Gasteiger partial charge in [0.1, 0.15) is 23.4 Å². The summed E-state index contributed by atoms with van der Waals surface area (Å²) in [6.45, 7) is 7.59. The van der Waals surface area contributed by atoms with Gasteiger partial charge in [-0.05, 0) is 19.9 Å². The number of nitrogens with zero attached hydrogens (tertiary/aromatic N) is 3. The maximum absolute atomic E-state index is 13.6. The first-order valence-corrected chi connectivity index (χ1v) is 13.2. The number of fused-ring (bicyclic) bond motifs is 1. The minimum absolute atomic E-state index is 0.242. The fraction of sp³-hybridized carbons (Fsp3) is 0.346. The molecule has 4 aromatic rings. The van der Waals surface area contributed by atoms with Crippen LogP contribution in [0.25, 0.3) is 11.0 Å². The molecule has 2 N–H and O–H groups in total. The van der Waals surface area contributed by atoms with Crippen LogP contribution in [0.4, 0.5) is 11.4 Å². The maximum Gasteiger partial charge on any atom is 0.291 e. The molecule has 1 amide bonds. The zero-order valence-corrected chi connectivity index (χ0v) is 21.6. The molecule has 0 spiro atoms. The van der Waals surface area contributed by atoms with Crippen molar-refractivity contribution in [1.82, 2.24) is 15.2 Å². The van der Waals surface area contributed by atoms with Crippen LogP contribution in [0.5, 0.6) is 11.5 Å². The Balaban J connectivity index is 1.48. The second-order valence-electron chi connectivity index (χ2n) is 8.22. The highest BCUT2D eigenvalue weighted by Gasteiger charge is 2.24. The van der Waals surface area contributed by atoms with Crippen molar-refractivity contribution in [1.29, 1.82) is 0 Å². The number of amides is 1. The summed E-state index contributed by atoms with van der Waals surface area (Å²) in [4.78, 5) is 20.0. The van der Waals surface area contributed by atoms with E-state index in [1.165, 1.54) is 18.1 Å². The van der Waals surface area contributed by atoms with E-state index in [2.05, 4.69) is 25.4 Å². The highest BCUT2D eigenvalue weighted by molar-refractivity contribution is 7.98. The van der Waals surface area contributed by atoms with Gasteiger partial charge in [0.25, 0.3) is 5.91 Å². The molecule has 2 aromatic heterocycles. The number of H-pyrrole nitrogens is 1. The molecule has 1 aliphatic heterocycles. The summed E-state index contributed by atoms with van der Waals surface area (Å²) in [6.07, 6.45) is 1.45. The second-order valence-corrected chi connectivity index (χ2v) is 9.18. The number of morpholine rings is 1. The normalized spacial score (nSPS) is 13.6. The second kappa shape index (κ2) is 11.6. The lowest BCUT2D eigenvalue weighted by Gasteiger charge is -2.31. The zero-order chi connectivity index (χ0) is 25.6. The summed E-state index contributed by atoms with van der Waals surface area (Å²) >= 11 is 1.45. The topological polar surface area (TPSA) is 115 Å². The lowest BCUT2D eigenvalue weighted by molar-refractivity contribution is 0.0997. The van der Waals surface area contributed by atoms with E-state index in [1.54, 1.807) is 0 Å². The molecule has 5 rings (SSSR count). The molecule has 37 heavy (non-hydrogen) atoms. The summed E-state index contributed by atoms with van der Waals surface area (Å²) in [6, 6.07) is 11.4. The monoisotopic (exact) mass is 523 g/mol. The van der Waals surface area contributed by atoms with Gasteiger partial charge in [-0.3, -0.25) is 9.89 Å². The quantitative estimate of drug-likeness (QED) is 0.285. The summed E-state index contributed by atoms with van der Waals surface area (Å²) in [7, 11) is 0. The van der Waals surface area contributed by atoms with Crippen molar-refractivity contribution in [2.75, 3.05) is 49.7 Å². The third-order valence-electron chi connectivity index (χ3n) is 5.91. The molecule has 194 valence electrons. The molecule has 2 aromatic carbocycles. The molecule has 3 heterocycles. The Bertz CT molecular complexity index is 1350. The number of ether oxygens (including phenoxy) is 3. The van der Waals surface area contributed by atoms with Gasteiger partial charge in [0.2, 0.25) is 0 Å². The Morgan fingerprint density at radius 2 is 1.92 bits per heavy atom. The number of rotatable bonds is 10. The predicted molar refractivity (Wildman–Crippen MR) is 142 cm³/mol. The SMILES string of the molecule is CCOc1cc(N2CCOCC2)c(OCC)cc1NC(=O)c1oc2ccccc2c1CSc1ncn[nH]1. The van der Waals surface area contributed by atoms with Gasteiger partial charge in [0.05, 0.1) is 37.8 Å².